The fourth-order valence-electron chi connectivity index (χ4n) is 3.22. The molecule has 118 valence electrons. The van der Waals surface area contributed by atoms with Gasteiger partial charge in [-0.1, -0.05) is 30.7 Å². The van der Waals surface area contributed by atoms with Crippen LogP contribution in [0.5, 0.6) is 5.75 Å². The summed E-state index contributed by atoms with van der Waals surface area (Å²) in [6.45, 7) is 5.66. The maximum absolute atomic E-state index is 6.04. The molecule has 0 spiro atoms. The van der Waals surface area contributed by atoms with Gasteiger partial charge in [0.25, 0.3) is 0 Å². The Morgan fingerprint density at radius 2 is 2.00 bits per heavy atom. The zero-order valence-corrected chi connectivity index (χ0v) is 14.7. The van der Waals surface area contributed by atoms with Gasteiger partial charge in [0, 0.05) is 18.0 Å². The number of likely N-dealkylation sites (tertiary alicyclic amines) is 1. The average Bonchev–Trinajstić information content (AvgIpc) is 2.94. The summed E-state index contributed by atoms with van der Waals surface area (Å²) in [5, 5.41) is 0. The average molecular weight is 336 g/mol. The van der Waals surface area contributed by atoms with E-state index >= 15 is 0 Å². The maximum atomic E-state index is 6.04. The Bertz CT molecular complexity index is 610. The molecule has 0 radical (unpaired) electrons. The van der Waals surface area contributed by atoms with E-state index in [0.717, 1.165) is 29.1 Å². The molecule has 0 amide bonds. The van der Waals surface area contributed by atoms with Crippen molar-refractivity contribution in [1.29, 1.82) is 0 Å². The number of benzene rings is 1. The number of rotatable bonds is 4. The maximum Gasteiger partial charge on any atom is 0.118 e. The predicted octanol–water partition coefficient (Wildman–Crippen LogP) is 5.04. The Balaban J connectivity index is 1.69. The van der Waals surface area contributed by atoms with Gasteiger partial charge in [-0.05, 0) is 54.6 Å². The third-order valence-electron chi connectivity index (χ3n) is 4.59. The molecule has 2 nitrogen and oxygen atoms in total. The van der Waals surface area contributed by atoms with Crippen molar-refractivity contribution in [1.82, 2.24) is 4.90 Å². The van der Waals surface area contributed by atoms with Crippen LogP contribution in [-0.4, -0.2) is 25.1 Å². The Hall–Kier alpha value is -1.03. The molecule has 2 unspecified atom stereocenters. The number of piperidine rings is 1. The van der Waals surface area contributed by atoms with Crippen molar-refractivity contribution >= 4 is 22.9 Å². The van der Waals surface area contributed by atoms with Crippen molar-refractivity contribution in [2.24, 2.45) is 5.92 Å². The van der Waals surface area contributed by atoms with Crippen molar-refractivity contribution in [3.8, 4) is 5.75 Å². The summed E-state index contributed by atoms with van der Waals surface area (Å²) in [5.74, 6) is 2.24. The quantitative estimate of drug-likeness (QED) is 0.776. The fraction of sp³-hybridized carbons (Fsp3) is 0.444. The minimum atomic E-state index is 0.593. The Morgan fingerprint density at radius 3 is 2.64 bits per heavy atom. The second-order valence-electron chi connectivity index (χ2n) is 6.09. The molecule has 4 heteroatoms. The number of ether oxygens (including phenoxy) is 1. The lowest BCUT2D eigenvalue weighted by Gasteiger charge is -2.37. The fourth-order valence-corrected chi connectivity index (χ4v) is 4.35. The van der Waals surface area contributed by atoms with Crippen LogP contribution in [0, 0.1) is 5.92 Å². The number of thiophene rings is 1. The molecular formula is C18H22ClNOS. The van der Waals surface area contributed by atoms with Crippen LogP contribution in [0.25, 0.3) is 0 Å². The summed E-state index contributed by atoms with van der Waals surface area (Å²) < 4.78 is 6.15. The van der Waals surface area contributed by atoms with Crippen LogP contribution >= 0.6 is 22.9 Å². The molecule has 1 aromatic carbocycles. The molecule has 3 rings (SSSR count). The Kier molecular flexibility index (Phi) is 5.07. The number of hydrogen-bond donors (Lipinski definition) is 0. The van der Waals surface area contributed by atoms with Crippen molar-refractivity contribution in [2.75, 3.05) is 20.2 Å². The molecule has 0 aliphatic carbocycles. The summed E-state index contributed by atoms with van der Waals surface area (Å²) in [4.78, 5) is 3.91. The predicted molar refractivity (Wildman–Crippen MR) is 94.1 cm³/mol. The molecule has 2 atom stereocenters. The Labute approximate surface area is 141 Å². The van der Waals surface area contributed by atoms with Gasteiger partial charge < -0.3 is 4.74 Å². The zero-order chi connectivity index (χ0) is 15.5. The first-order chi connectivity index (χ1) is 10.7. The summed E-state index contributed by atoms with van der Waals surface area (Å²) in [7, 11) is 1.71. The van der Waals surface area contributed by atoms with Crippen LogP contribution in [0.4, 0.5) is 0 Å². The van der Waals surface area contributed by atoms with Crippen molar-refractivity contribution < 1.29 is 4.74 Å². The van der Waals surface area contributed by atoms with Crippen LogP contribution in [0.2, 0.25) is 4.34 Å². The van der Waals surface area contributed by atoms with Gasteiger partial charge in [0.2, 0.25) is 0 Å². The van der Waals surface area contributed by atoms with Crippen LogP contribution in [0.1, 0.15) is 29.7 Å². The van der Waals surface area contributed by atoms with Gasteiger partial charge in [-0.2, -0.15) is 0 Å². The van der Waals surface area contributed by atoms with E-state index in [9.17, 15) is 0 Å². The first kappa shape index (κ1) is 15.9. The van der Waals surface area contributed by atoms with Gasteiger partial charge in [0.15, 0.2) is 0 Å². The van der Waals surface area contributed by atoms with Crippen LogP contribution in [-0.2, 0) is 6.54 Å². The van der Waals surface area contributed by atoms with E-state index in [0.29, 0.717) is 5.92 Å². The van der Waals surface area contributed by atoms with Gasteiger partial charge in [0.1, 0.15) is 5.75 Å². The molecule has 0 N–H and O–H groups in total. The molecule has 1 fully saturated rings. The van der Waals surface area contributed by atoms with Gasteiger partial charge in [-0.15, -0.1) is 11.3 Å². The van der Waals surface area contributed by atoms with Crippen LogP contribution in [0.3, 0.4) is 0 Å². The molecule has 1 aliphatic rings. The normalized spacial score (nSPS) is 22.7. The highest BCUT2D eigenvalue weighted by molar-refractivity contribution is 7.16. The number of hydrogen-bond acceptors (Lipinski definition) is 3. The van der Waals surface area contributed by atoms with E-state index in [4.69, 9.17) is 16.3 Å². The van der Waals surface area contributed by atoms with E-state index in [-0.39, 0.29) is 0 Å². The molecule has 1 aliphatic heterocycles. The summed E-state index contributed by atoms with van der Waals surface area (Å²) in [6.07, 6.45) is 1.25. The summed E-state index contributed by atoms with van der Waals surface area (Å²) in [5.41, 5.74) is 1.42. The van der Waals surface area contributed by atoms with Crippen LogP contribution < -0.4 is 4.74 Å². The standard InChI is InChI=1S/C18H22ClNOS/c1-13-9-10-20(11-16-7-8-18(19)22-16)12-17(13)14-3-5-15(21-2)6-4-14/h3-8,13,17H,9-12H2,1-2H3. The Morgan fingerprint density at radius 1 is 1.23 bits per heavy atom. The minimum absolute atomic E-state index is 0.593. The van der Waals surface area contributed by atoms with E-state index in [1.807, 2.05) is 6.07 Å². The summed E-state index contributed by atoms with van der Waals surface area (Å²) in [6, 6.07) is 12.7. The first-order valence-electron chi connectivity index (χ1n) is 7.76. The molecule has 2 heterocycles. The highest BCUT2D eigenvalue weighted by Gasteiger charge is 2.27. The lowest BCUT2D eigenvalue weighted by molar-refractivity contribution is 0.161. The van der Waals surface area contributed by atoms with E-state index < -0.39 is 0 Å². The number of nitrogens with zero attached hydrogens (tertiary/aromatic N) is 1. The van der Waals surface area contributed by atoms with E-state index in [1.54, 1.807) is 18.4 Å². The van der Waals surface area contributed by atoms with Gasteiger partial charge in [0.05, 0.1) is 11.4 Å². The molecule has 1 aromatic heterocycles. The third-order valence-corrected chi connectivity index (χ3v) is 5.81. The van der Waals surface area contributed by atoms with Crippen molar-refractivity contribution in [3.05, 3.63) is 51.2 Å². The first-order valence-corrected chi connectivity index (χ1v) is 8.95. The second kappa shape index (κ2) is 7.03. The topological polar surface area (TPSA) is 12.5 Å². The smallest absolute Gasteiger partial charge is 0.118 e. The molecule has 0 saturated carbocycles. The molecule has 1 saturated heterocycles. The van der Waals surface area contributed by atoms with Gasteiger partial charge in [-0.3, -0.25) is 4.90 Å². The second-order valence-corrected chi connectivity index (χ2v) is 7.89. The molecule has 22 heavy (non-hydrogen) atoms. The minimum Gasteiger partial charge on any atom is -0.497 e. The molecule has 0 bridgehead atoms. The third kappa shape index (κ3) is 3.65. The SMILES string of the molecule is COc1ccc(C2CN(Cc3ccc(Cl)s3)CCC2C)cc1. The van der Waals surface area contributed by atoms with E-state index in [1.165, 1.54) is 23.4 Å². The monoisotopic (exact) mass is 335 g/mol. The highest BCUT2D eigenvalue weighted by Crippen LogP contribution is 2.34. The highest BCUT2D eigenvalue weighted by atomic mass is 35.5. The van der Waals surface area contributed by atoms with Gasteiger partial charge >= 0.3 is 0 Å². The number of methoxy groups -OCH3 is 1. The zero-order valence-electron chi connectivity index (χ0n) is 13.1. The molecular weight excluding hydrogens is 314 g/mol. The van der Waals surface area contributed by atoms with E-state index in [2.05, 4.69) is 42.2 Å². The van der Waals surface area contributed by atoms with Crippen molar-refractivity contribution in [3.63, 3.8) is 0 Å². The summed E-state index contributed by atoms with van der Waals surface area (Å²) >= 11 is 7.73. The van der Waals surface area contributed by atoms with Gasteiger partial charge in [-0.25, -0.2) is 0 Å². The lowest BCUT2D eigenvalue weighted by atomic mass is 9.82. The largest absolute Gasteiger partial charge is 0.497 e. The molecule has 2 aromatic rings. The number of halogens is 1. The van der Waals surface area contributed by atoms with Crippen molar-refractivity contribution in [2.45, 2.75) is 25.8 Å². The van der Waals surface area contributed by atoms with Crippen LogP contribution in [0.15, 0.2) is 36.4 Å². The lowest BCUT2D eigenvalue weighted by Crippen LogP contribution is -2.37.